The predicted octanol–water partition coefficient (Wildman–Crippen LogP) is -0.0946. The van der Waals surface area contributed by atoms with Crippen LogP contribution in [0.1, 0.15) is 0 Å². The van der Waals surface area contributed by atoms with Gasteiger partial charge in [0.1, 0.15) is 6.54 Å². The van der Waals surface area contributed by atoms with Crippen molar-refractivity contribution < 1.29 is 14.6 Å². The molecule has 2 aromatic rings. The average molecular weight is 357 g/mol. The summed E-state index contributed by atoms with van der Waals surface area (Å²) in [5.41, 5.74) is 0.700. The summed E-state index contributed by atoms with van der Waals surface area (Å²) in [5.74, 6) is -0.0476. The van der Waals surface area contributed by atoms with Crippen LogP contribution in [0.3, 0.4) is 0 Å². The minimum absolute atomic E-state index is 0.0337. The molecule has 0 aliphatic carbocycles. The Morgan fingerprint density at radius 2 is 1.92 bits per heavy atom. The first-order valence-electron chi connectivity index (χ1n) is 8.99. The van der Waals surface area contributed by atoms with Gasteiger partial charge < -0.3 is 19.3 Å². The van der Waals surface area contributed by atoms with Crippen LogP contribution < -0.4 is 5.43 Å². The lowest BCUT2D eigenvalue weighted by molar-refractivity contribution is -0.131. The van der Waals surface area contributed by atoms with E-state index in [1.165, 1.54) is 6.07 Å². The molecule has 7 heteroatoms. The van der Waals surface area contributed by atoms with Crippen LogP contribution in [0.15, 0.2) is 41.3 Å². The van der Waals surface area contributed by atoms with Gasteiger partial charge in [0.15, 0.2) is 5.43 Å². The summed E-state index contributed by atoms with van der Waals surface area (Å²) in [7, 11) is 0. The van der Waals surface area contributed by atoms with Crippen LogP contribution in [-0.4, -0.2) is 76.9 Å². The zero-order valence-electron chi connectivity index (χ0n) is 14.6. The summed E-state index contributed by atoms with van der Waals surface area (Å²) < 4.78 is 7.16. The van der Waals surface area contributed by atoms with E-state index in [1.807, 2.05) is 18.2 Å². The summed E-state index contributed by atoms with van der Waals surface area (Å²) in [5, 5.41) is 11.0. The Hall–Kier alpha value is -2.22. The highest BCUT2D eigenvalue weighted by atomic mass is 16.5. The number of aliphatic hydroxyl groups is 1. The number of hydrogen-bond acceptors (Lipinski definition) is 5. The van der Waals surface area contributed by atoms with E-state index in [4.69, 9.17) is 4.74 Å². The number of pyridine rings is 1. The third-order valence-electron chi connectivity index (χ3n) is 5.32. The molecular formula is C19H23N3O4. The third kappa shape index (κ3) is 3.25. The Bertz CT molecular complexity index is 859. The molecule has 2 atom stereocenters. The molecule has 2 aliphatic heterocycles. The molecule has 7 nitrogen and oxygen atoms in total. The largest absolute Gasteiger partial charge is 0.390 e. The Balaban J connectivity index is 1.49. The lowest BCUT2D eigenvalue weighted by atomic mass is 10.1. The highest BCUT2D eigenvalue weighted by molar-refractivity contribution is 5.82. The molecule has 0 spiro atoms. The molecule has 1 aromatic carbocycles. The molecule has 4 rings (SSSR count). The number of β-amino-alcohol motifs (C(OH)–C–C–N with tert-alkyl or cyclic N) is 1. The number of morpholine rings is 1. The van der Waals surface area contributed by atoms with Crippen LogP contribution in [-0.2, 0) is 16.1 Å². The minimum atomic E-state index is -0.539. The molecule has 26 heavy (non-hydrogen) atoms. The number of likely N-dealkylation sites (tertiary alicyclic amines) is 1. The fourth-order valence-corrected chi connectivity index (χ4v) is 3.88. The van der Waals surface area contributed by atoms with Gasteiger partial charge in [0.05, 0.1) is 30.9 Å². The monoisotopic (exact) mass is 357 g/mol. The topological polar surface area (TPSA) is 75.0 Å². The number of nitrogens with zero attached hydrogens (tertiary/aromatic N) is 3. The number of aromatic nitrogens is 1. The van der Waals surface area contributed by atoms with E-state index >= 15 is 0 Å². The number of aliphatic hydroxyl groups excluding tert-OH is 1. The van der Waals surface area contributed by atoms with Gasteiger partial charge in [-0.2, -0.15) is 0 Å². The van der Waals surface area contributed by atoms with Crippen molar-refractivity contribution in [1.82, 2.24) is 14.4 Å². The fourth-order valence-electron chi connectivity index (χ4n) is 3.88. The van der Waals surface area contributed by atoms with Gasteiger partial charge in [-0.15, -0.1) is 0 Å². The molecule has 2 saturated heterocycles. The van der Waals surface area contributed by atoms with Gasteiger partial charge in [0, 0.05) is 43.8 Å². The Morgan fingerprint density at radius 3 is 2.73 bits per heavy atom. The number of fused-ring (bicyclic) bond motifs is 1. The summed E-state index contributed by atoms with van der Waals surface area (Å²) in [6.45, 7) is 3.93. The predicted molar refractivity (Wildman–Crippen MR) is 97.0 cm³/mol. The van der Waals surface area contributed by atoms with E-state index in [9.17, 15) is 14.7 Å². The molecule has 2 aliphatic rings. The van der Waals surface area contributed by atoms with E-state index in [1.54, 1.807) is 21.7 Å². The van der Waals surface area contributed by atoms with Gasteiger partial charge in [0.25, 0.3) is 0 Å². The molecular weight excluding hydrogens is 334 g/mol. The molecule has 3 heterocycles. The van der Waals surface area contributed by atoms with Crippen molar-refractivity contribution in [3.05, 3.63) is 46.8 Å². The van der Waals surface area contributed by atoms with E-state index in [0.29, 0.717) is 31.7 Å². The van der Waals surface area contributed by atoms with Gasteiger partial charge in [-0.05, 0) is 12.1 Å². The quantitative estimate of drug-likeness (QED) is 0.831. The van der Waals surface area contributed by atoms with Crippen LogP contribution >= 0.6 is 0 Å². The van der Waals surface area contributed by atoms with Crippen molar-refractivity contribution >= 4 is 16.8 Å². The Labute approximate surface area is 151 Å². The van der Waals surface area contributed by atoms with Crippen LogP contribution in [0.4, 0.5) is 0 Å². The number of amides is 1. The standard InChI is InChI=1S/C19H23N3O4/c23-17-5-6-21(15-4-2-1-3-14(15)17)13-19(25)22-11-16(18(24)12-22)20-7-9-26-10-8-20/h1-6,16,18,24H,7-13H2/t16-,18-/m1/s1. The highest BCUT2D eigenvalue weighted by Crippen LogP contribution is 2.19. The number of rotatable bonds is 3. The van der Waals surface area contributed by atoms with Gasteiger partial charge in [-0.25, -0.2) is 0 Å². The van der Waals surface area contributed by atoms with Crippen LogP contribution in [0.25, 0.3) is 10.9 Å². The van der Waals surface area contributed by atoms with Crippen LogP contribution in [0.5, 0.6) is 0 Å². The molecule has 138 valence electrons. The van der Waals surface area contributed by atoms with E-state index in [0.717, 1.165) is 18.6 Å². The van der Waals surface area contributed by atoms with Crippen molar-refractivity contribution in [1.29, 1.82) is 0 Å². The number of ether oxygens (including phenoxy) is 1. The molecule has 2 fully saturated rings. The van der Waals surface area contributed by atoms with Gasteiger partial charge in [-0.1, -0.05) is 12.1 Å². The third-order valence-corrected chi connectivity index (χ3v) is 5.32. The first-order valence-corrected chi connectivity index (χ1v) is 8.99. The molecule has 1 N–H and O–H groups in total. The number of hydrogen-bond donors (Lipinski definition) is 1. The smallest absolute Gasteiger partial charge is 0.242 e. The van der Waals surface area contributed by atoms with E-state index in [2.05, 4.69) is 4.90 Å². The second-order valence-corrected chi connectivity index (χ2v) is 6.91. The summed E-state index contributed by atoms with van der Waals surface area (Å²) in [4.78, 5) is 28.7. The van der Waals surface area contributed by atoms with Crippen LogP contribution in [0.2, 0.25) is 0 Å². The summed E-state index contributed by atoms with van der Waals surface area (Å²) in [6.07, 6.45) is 1.12. The highest BCUT2D eigenvalue weighted by Gasteiger charge is 2.38. The minimum Gasteiger partial charge on any atom is -0.390 e. The summed E-state index contributed by atoms with van der Waals surface area (Å²) in [6, 6.07) is 8.75. The van der Waals surface area contributed by atoms with Gasteiger partial charge in [0.2, 0.25) is 5.91 Å². The molecule has 1 amide bonds. The Morgan fingerprint density at radius 1 is 1.15 bits per heavy atom. The van der Waals surface area contributed by atoms with Crippen molar-refractivity contribution in [3.8, 4) is 0 Å². The maximum absolute atomic E-state index is 12.8. The number of carbonyl (C=O) groups is 1. The molecule has 0 unspecified atom stereocenters. The van der Waals surface area contributed by atoms with Gasteiger partial charge in [-0.3, -0.25) is 14.5 Å². The lowest BCUT2D eigenvalue weighted by Crippen LogP contribution is -2.49. The molecule has 0 bridgehead atoms. The maximum Gasteiger partial charge on any atom is 0.242 e. The van der Waals surface area contributed by atoms with Gasteiger partial charge >= 0.3 is 0 Å². The normalized spacial score (nSPS) is 24.3. The van der Waals surface area contributed by atoms with E-state index < -0.39 is 6.10 Å². The average Bonchev–Trinajstić information content (AvgIpc) is 3.07. The van der Waals surface area contributed by atoms with Crippen molar-refractivity contribution in [3.63, 3.8) is 0 Å². The number of carbonyl (C=O) groups excluding carboxylic acids is 1. The zero-order chi connectivity index (χ0) is 18.1. The van der Waals surface area contributed by atoms with Crippen molar-refractivity contribution in [2.24, 2.45) is 0 Å². The number of para-hydroxylation sites is 1. The van der Waals surface area contributed by atoms with Crippen molar-refractivity contribution in [2.45, 2.75) is 18.7 Å². The molecule has 1 aromatic heterocycles. The first-order chi connectivity index (χ1) is 12.6. The fraction of sp³-hybridized carbons (Fsp3) is 0.474. The summed E-state index contributed by atoms with van der Waals surface area (Å²) >= 11 is 0. The molecule has 0 radical (unpaired) electrons. The zero-order valence-corrected chi connectivity index (χ0v) is 14.6. The SMILES string of the molecule is O=C(Cn1ccc(=O)c2ccccc21)N1C[C@@H](O)[C@H](N2CCOCC2)C1. The number of benzene rings is 1. The maximum atomic E-state index is 12.8. The van der Waals surface area contributed by atoms with Crippen molar-refractivity contribution in [2.75, 3.05) is 39.4 Å². The van der Waals surface area contributed by atoms with E-state index in [-0.39, 0.29) is 23.9 Å². The van der Waals surface area contributed by atoms with Crippen LogP contribution in [0, 0.1) is 0 Å². The lowest BCUT2D eigenvalue weighted by Gasteiger charge is -2.33. The Kier molecular flexibility index (Phi) is 4.76. The molecule has 0 saturated carbocycles. The second-order valence-electron chi connectivity index (χ2n) is 6.91. The second kappa shape index (κ2) is 7.19. The first kappa shape index (κ1) is 17.2.